The summed E-state index contributed by atoms with van der Waals surface area (Å²) in [6, 6.07) is 6.18. The number of fused-ring (bicyclic) bond motifs is 1. The molecule has 1 aromatic carbocycles. The van der Waals surface area contributed by atoms with Gasteiger partial charge in [-0.2, -0.15) is 0 Å². The molecule has 38 heavy (non-hydrogen) atoms. The second kappa shape index (κ2) is 10.7. The average Bonchev–Trinajstić information content (AvgIpc) is 3.33. The Bertz CT molecular complexity index is 1360. The third-order valence-electron chi connectivity index (χ3n) is 7.01. The Hall–Kier alpha value is -3.46. The lowest BCUT2D eigenvalue weighted by atomic mass is 9.99. The molecule has 1 fully saturated rings. The van der Waals surface area contributed by atoms with E-state index >= 15 is 4.39 Å². The van der Waals surface area contributed by atoms with Crippen LogP contribution in [0.1, 0.15) is 45.7 Å². The molecule has 7 nitrogen and oxygen atoms in total. The highest BCUT2D eigenvalue weighted by Gasteiger charge is 2.25. The van der Waals surface area contributed by atoms with Crippen LogP contribution in [-0.4, -0.2) is 59.4 Å². The molecular weight excluding hydrogens is 490 g/mol. The highest BCUT2D eigenvalue weighted by Crippen LogP contribution is 2.35. The molecule has 9 heteroatoms. The van der Waals surface area contributed by atoms with Crippen molar-refractivity contribution in [3.63, 3.8) is 0 Å². The second-order valence-electron chi connectivity index (χ2n) is 11.0. The quantitative estimate of drug-likeness (QED) is 0.405. The van der Waals surface area contributed by atoms with Crippen molar-refractivity contribution in [2.24, 2.45) is 5.92 Å². The Morgan fingerprint density at radius 3 is 2.68 bits per heavy atom. The third-order valence-corrected chi connectivity index (χ3v) is 7.01. The van der Waals surface area contributed by atoms with Crippen LogP contribution in [0.2, 0.25) is 0 Å². The maximum absolute atomic E-state index is 15.1. The van der Waals surface area contributed by atoms with Gasteiger partial charge in [0.05, 0.1) is 5.69 Å². The number of H-pyrrole nitrogens is 1. The molecule has 0 spiro atoms. The molecule has 0 aliphatic carbocycles. The first-order valence-electron chi connectivity index (χ1n) is 13.1. The topological polar surface area (TPSA) is 79.5 Å². The van der Waals surface area contributed by atoms with Gasteiger partial charge in [0.2, 0.25) is 0 Å². The Morgan fingerprint density at radius 1 is 1.18 bits per heavy atom. The van der Waals surface area contributed by atoms with Crippen LogP contribution >= 0.6 is 0 Å². The minimum absolute atomic E-state index is 0.283. The number of rotatable bonds is 5. The summed E-state index contributed by atoms with van der Waals surface area (Å²) in [7, 11) is 0. The number of aromatic amines is 1. The molecule has 2 aromatic heterocycles. The lowest BCUT2D eigenvalue weighted by Crippen LogP contribution is -2.39. The summed E-state index contributed by atoms with van der Waals surface area (Å²) < 4.78 is 40.6. The van der Waals surface area contributed by atoms with E-state index in [9.17, 15) is 9.18 Å². The maximum atomic E-state index is 15.1. The van der Waals surface area contributed by atoms with Crippen LogP contribution in [0.25, 0.3) is 27.7 Å². The third kappa shape index (κ3) is 5.83. The molecule has 1 amide bonds. The number of halogens is 2. The fourth-order valence-corrected chi connectivity index (χ4v) is 4.94. The number of carbonyl (C=O) groups is 1. The van der Waals surface area contributed by atoms with Crippen molar-refractivity contribution in [3.8, 4) is 11.1 Å². The van der Waals surface area contributed by atoms with Gasteiger partial charge in [0.1, 0.15) is 22.9 Å². The Morgan fingerprint density at radius 2 is 1.97 bits per heavy atom. The minimum atomic E-state index is -0.626. The predicted molar refractivity (Wildman–Crippen MR) is 144 cm³/mol. The van der Waals surface area contributed by atoms with Gasteiger partial charge < -0.3 is 24.7 Å². The van der Waals surface area contributed by atoms with Crippen molar-refractivity contribution in [3.05, 3.63) is 53.9 Å². The largest absolute Gasteiger partial charge is 0.444 e. The van der Waals surface area contributed by atoms with E-state index in [0.717, 1.165) is 35.6 Å². The molecule has 0 radical (unpaired) electrons. The first kappa shape index (κ1) is 26.2. The Balaban J connectivity index is 1.38. The van der Waals surface area contributed by atoms with E-state index < -0.39 is 17.2 Å². The van der Waals surface area contributed by atoms with Gasteiger partial charge in [0.25, 0.3) is 0 Å². The molecule has 0 saturated carbocycles. The van der Waals surface area contributed by atoms with Crippen LogP contribution in [0.4, 0.5) is 19.3 Å². The number of pyridine rings is 1. The number of hydrogen-bond donors (Lipinski definition) is 2. The average molecular weight is 525 g/mol. The normalized spacial score (nSPS) is 17.0. The zero-order chi connectivity index (χ0) is 26.9. The number of nitrogens with one attached hydrogen (secondary N) is 2. The van der Waals surface area contributed by atoms with Crippen molar-refractivity contribution < 1.29 is 23.0 Å². The second-order valence-corrected chi connectivity index (χ2v) is 11.0. The van der Waals surface area contributed by atoms with Gasteiger partial charge in [-0.3, -0.25) is 0 Å². The van der Waals surface area contributed by atoms with Gasteiger partial charge in [0, 0.05) is 61.8 Å². The van der Waals surface area contributed by atoms with Gasteiger partial charge in [-0.1, -0.05) is 6.08 Å². The molecular formula is C29H34F2N4O3. The molecule has 0 bridgehead atoms. The highest BCUT2D eigenvalue weighted by atomic mass is 19.1. The lowest BCUT2D eigenvalue weighted by Gasteiger charge is -2.29. The number of hydrogen-bond acceptors (Lipinski definition) is 5. The van der Waals surface area contributed by atoms with Crippen molar-refractivity contribution in [1.82, 2.24) is 14.9 Å². The fourth-order valence-electron chi connectivity index (χ4n) is 4.94. The van der Waals surface area contributed by atoms with E-state index in [-0.39, 0.29) is 11.8 Å². The molecule has 202 valence electrons. The van der Waals surface area contributed by atoms with Gasteiger partial charge in [0.15, 0.2) is 0 Å². The van der Waals surface area contributed by atoms with E-state index in [0.29, 0.717) is 62.0 Å². The zero-order valence-electron chi connectivity index (χ0n) is 22.1. The van der Waals surface area contributed by atoms with Crippen LogP contribution < -0.4 is 5.32 Å². The Kier molecular flexibility index (Phi) is 7.38. The van der Waals surface area contributed by atoms with E-state index in [1.54, 1.807) is 23.2 Å². The summed E-state index contributed by atoms with van der Waals surface area (Å²) in [5.74, 6) is -0.842. The minimum Gasteiger partial charge on any atom is -0.444 e. The first-order chi connectivity index (χ1) is 18.2. The molecule has 0 unspecified atom stereocenters. The monoisotopic (exact) mass is 524 g/mol. The number of benzene rings is 1. The van der Waals surface area contributed by atoms with Gasteiger partial charge in [-0.15, -0.1) is 0 Å². The number of carbonyl (C=O) groups excluding carboxylic acids is 1. The van der Waals surface area contributed by atoms with E-state index in [1.165, 1.54) is 0 Å². The zero-order valence-corrected chi connectivity index (χ0v) is 22.1. The van der Waals surface area contributed by atoms with Crippen LogP contribution in [0.15, 0.2) is 36.5 Å². The van der Waals surface area contributed by atoms with Crippen LogP contribution in [0, 0.1) is 17.6 Å². The van der Waals surface area contributed by atoms with Crippen LogP contribution in [-0.2, 0) is 9.47 Å². The van der Waals surface area contributed by atoms with Crippen molar-refractivity contribution >= 4 is 28.4 Å². The Labute approximate surface area is 221 Å². The lowest BCUT2D eigenvalue weighted by molar-refractivity contribution is 0.0270. The molecule has 4 heterocycles. The summed E-state index contributed by atoms with van der Waals surface area (Å²) in [6.07, 6.45) is 5.77. The highest BCUT2D eigenvalue weighted by molar-refractivity contribution is 5.96. The molecule has 5 rings (SSSR count). The number of anilines is 1. The SMILES string of the molecule is CC(C)(C)OC(=O)N1CC=C(c2cc3c(-c4cc(NCC5CCOCC5)c(F)cc4F)ccnc3[nH]2)CC1. The first-order valence-corrected chi connectivity index (χ1v) is 13.1. The summed E-state index contributed by atoms with van der Waals surface area (Å²) in [5, 5.41) is 3.93. The van der Waals surface area contributed by atoms with Gasteiger partial charge >= 0.3 is 6.09 Å². The summed E-state index contributed by atoms with van der Waals surface area (Å²) in [4.78, 5) is 21.8. The predicted octanol–water partition coefficient (Wildman–Crippen LogP) is 6.37. The number of ether oxygens (including phenoxy) is 2. The number of aromatic nitrogens is 2. The van der Waals surface area contributed by atoms with Gasteiger partial charge in [-0.05, 0) is 75.3 Å². The molecule has 2 aliphatic heterocycles. The smallest absolute Gasteiger partial charge is 0.410 e. The van der Waals surface area contributed by atoms with Crippen LogP contribution in [0.5, 0.6) is 0 Å². The van der Waals surface area contributed by atoms with Crippen molar-refractivity contribution in [1.29, 1.82) is 0 Å². The number of nitrogens with zero attached hydrogens (tertiary/aromatic N) is 2. The maximum Gasteiger partial charge on any atom is 0.410 e. The van der Waals surface area contributed by atoms with Crippen LogP contribution in [0.3, 0.4) is 0 Å². The number of amides is 1. The molecule has 2 aliphatic rings. The summed E-state index contributed by atoms with van der Waals surface area (Å²) >= 11 is 0. The summed E-state index contributed by atoms with van der Waals surface area (Å²) in [6.45, 7) is 8.55. The standard InChI is InChI=1S/C29H34F2N4O3/c1-29(2,3)38-28(36)35-10-5-19(6-11-35)25-15-22-20(4-9-32-27(22)34-25)21-14-26(24(31)16-23(21)30)33-17-18-7-12-37-13-8-18/h4-5,9,14-16,18,33H,6-8,10-13,17H2,1-3H3,(H,32,34). The van der Waals surface area contributed by atoms with Crippen molar-refractivity contribution in [2.75, 3.05) is 38.2 Å². The van der Waals surface area contributed by atoms with E-state index in [1.807, 2.05) is 32.9 Å². The fraction of sp³-hybridized carbons (Fsp3) is 0.448. The van der Waals surface area contributed by atoms with E-state index in [4.69, 9.17) is 9.47 Å². The van der Waals surface area contributed by atoms with Gasteiger partial charge in [-0.25, -0.2) is 18.6 Å². The van der Waals surface area contributed by atoms with E-state index in [2.05, 4.69) is 15.3 Å². The summed E-state index contributed by atoms with van der Waals surface area (Å²) in [5.41, 5.74) is 3.22. The molecule has 0 atom stereocenters. The molecule has 2 N–H and O–H groups in total. The van der Waals surface area contributed by atoms with Crippen molar-refractivity contribution in [2.45, 2.75) is 45.6 Å². The molecule has 1 saturated heterocycles. The molecule has 3 aromatic rings.